The number of ether oxygens (including phenoxy) is 1. The van der Waals surface area contributed by atoms with Crippen LogP contribution in [0.15, 0.2) is 24.3 Å². The predicted molar refractivity (Wildman–Crippen MR) is 69.6 cm³/mol. The number of halogens is 1. The fourth-order valence-electron chi connectivity index (χ4n) is 1.28. The summed E-state index contributed by atoms with van der Waals surface area (Å²) in [7, 11) is 0. The van der Waals surface area contributed by atoms with E-state index in [9.17, 15) is 4.79 Å². The molecule has 0 saturated heterocycles. The van der Waals surface area contributed by atoms with Gasteiger partial charge in [0.25, 0.3) is 0 Å². The van der Waals surface area contributed by atoms with Gasteiger partial charge in [0.2, 0.25) is 0 Å². The van der Waals surface area contributed by atoms with Crippen molar-refractivity contribution in [3.8, 4) is 5.75 Å². The maximum absolute atomic E-state index is 11.6. The summed E-state index contributed by atoms with van der Waals surface area (Å²) in [4.78, 5) is 11.5. The molecule has 0 spiro atoms. The lowest BCUT2D eigenvalue weighted by Gasteiger charge is -2.06. The average molecular weight is 285 g/mol. The summed E-state index contributed by atoms with van der Waals surface area (Å²) in [5, 5.41) is 0. The largest absolute Gasteiger partial charge is 0.494 e. The van der Waals surface area contributed by atoms with Gasteiger partial charge in [-0.25, -0.2) is 0 Å². The molecule has 1 aromatic rings. The second-order valence-electron chi connectivity index (χ2n) is 3.71. The number of Topliss-reactive ketones (excluding diaryl/α,β-unsaturated/α-hetero) is 1. The number of benzene rings is 1. The third kappa shape index (κ3) is 3.97. The summed E-state index contributed by atoms with van der Waals surface area (Å²) in [6.07, 6.45) is 2.18. The Morgan fingerprint density at radius 3 is 2.50 bits per heavy atom. The molecule has 0 amide bonds. The molecule has 1 unspecified atom stereocenters. The molecule has 0 bridgehead atoms. The van der Waals surface area contributed by atoms with E-state index >= 15 is 0 Å². The summed E-state index contributed by atoms with van der Waals surface area (Å²) in [6, 6.07) is 7.30. The highest BCUT2D eigenvalue weighted by Gasteiger charge is 2.11. The average Bonchev–Trinajstić information content (AvgIpc) is 2.29. The molecule has 2 nitrogen and oxygen atoms in total. The summed E-state index contributed by atoms with van der Waals surface area (Å²) >= 11 is 3.27. The number of hydrogen-bond donors (Lipinski definition) is 0. The Hall–Kier alpha value is -0.830. The topological polar surface area (TPSA) is 26.3 Å². The van der Waals surface area contributed by atoms with Gasteiger partial charge >= 0.3 is 0 Å². The van der Waals surface area contributed by atoms with Crippen LogP contribution >= 0.6 is 15.9 Å². The minimum Gasteiger partial charge on any atom is -0.494 e. The van der Waals surface area contributed by atoms with Gasteiger partial charge in [0, 0.05) is 5.56 Å². The van der Waals surface area contributed by atoms with Crippen LogP contribution in [0.2, 0.25) is 0 Å². The molecule has 88 valence electrons. The number of rotatable bonds is 6. The van der Waals surface area contributed by atoms with Crippen LogP contribution in [0, 0.1) is 0 Å². The van der Waals surface area contributed by atoms with Gasteiger partial charge in [-0.1, -0.05) is 29.3 Å². The summed E-state index contributed by atoms with van der Waals surface area (Å²) in [5.41, 5.74) is 0.715. The molecule has 0 fully saturated rings. The Morgan fingerprint density at radius 2 is 2.00 bits per heavy atom. The highest BCUT2D eigenvalue weighted by molar-refractivity contribution is 9.10. The standard InChI is InChI=1S/C13H17BrO2/c1-3-4-9-16-12-7-5-11(6-8-12)13(15)10(2)14/h5-8,10H,3-4,9H2,1-2H3. The van der Waals surface area contributed by atoms with Crippen LogP contribution in [-0.4, -0.2) is 17.2 Å². The lowest BCUT2D eigenvalue weighted by molar-refractivity contribution is 0.0996. The van der Waals surface area contributed by atoms with Gasteiger partial charge in [-0.15, -0.1) is 0 Å². The van der Waals surface area contributed by atoms with Crippen LogP contribution in [0.1, 0.15) is 37.0 Å². The SMILES string of the molecule is CCCCOc1ccc(C(=O)C(C)Br)cc1. The Morgan fingerprint density at radius 1 is 1.38 bits per heavy atom. The first kappa shape index (κ1) is 13.2. The van der Waals surface area contributed by atoms with Gasteiger partial charge in [-0.3, -0.25) is 4.79 Å². The van der Waals surface area contributed by atoms with Gasteiger partial charge in [0.15, 0.2) is 5.78 Å². The molecule has 0 radical (unpaired) electrons. The van der Waals surface area contributed by atoms with Crippen molar-refractivity contribution in [1.29, 1.82) is 0 Å². The van der Waals surface area contributed by atoms with Gasteiger partial charge < -0.3 is 4.74 Å². The molecule has 0 aromatic heterocycles. The van der Waals surface area contributed by atoms with Crippen LogP contribution in [0.3, 0.4) is 0 Å². The van der Waals surface area contributed by atoms with Crippen molar-refractivity contribution in [1.82, 2.24) is 0 Å². The van der Waals surface area contributed by atoms with Crippen molar-refractivity contribution in [2.75, 3.05) is 6.61 Å². The normalized spacial score (nSPS) is 12.2. The van der Waals surface area contributed by atoms with Gasteiger partial charge in [-0.2, -0.15) is 0 Å². The van der Waals surface area contributed by atoms with E-state index in [0.717, 1.165) is 25.2 Å². The zero-order valence-corrected chi connectivity index (χ0v) is 11.3. The quantitative estimate of drug-likeness (QED) is 0.451. The number of unbranched alkanes of at least 4 members (excludes halogenated alkanes) is 1. The van der Waals surface area contributed by atoms with E-state index < -0.39 is 0 Å². The minimum atomic E-state index is -0.139. The van der Waals surface area contributed by atoms with E-state index in [1.165, 1.54) is 0 Å². The Bertz CT molecular complexity index is 330. The molecule has 0 N–H and O–H groups in total. The molecule has 0 aliphatic carbocycles. The van der Waals surface area contributed by atoms with Crippen LogP contribution in [0.4, 0.5) is 0 Å². The molecule has 1 aromatic carbocycles. The summed E-state index contributed by atoms with van der Waals surface area (Å²) in [5.74, 6) is 0.923. The smallest absolute Gasteiger partial charge is 0.176 e. The molecule has 16 heavy (non-hydrogen) atoms. The lowest BCUT2D eigenvalue weighted by Crippen LogP contribution is -2.09. The first-order valence-corrected chi connectivity index (χ1v) is 6.48. The first-order chi connectivity index (χ1) is 7.65. The molecular formula is C13H17BrO2. The monoisotopic (exact) mass is 284 g/mol. The number of hydrogen-bond acceptors (Lipinski definition) is 2. The zero-order valence-electron chi connectivity index (χ0n) is 9.70. The number of ketones is 1. The van der Waals surface area contributed by atoms with Crippen LogP contribution in [-0.2, 0) is 0 Å². The Kier molecular flexibility index (Phi) is 5.53. The van der Waals surface area contributed by atoms with Crippen LogP contribution in [0.5, 0.6) is 5.75 Å². The second-order valence-corrected chi connectivity index (χ2v) is 5.08. The van der Waals surface area contributed by atoms with E-state index in [4.69, 9.17) is 4.74 Å². The van der Waals surface area contributed by atoms with E-state index in [2.05, 4.69) is 22.9 Å². The molecule has 1 atom stereocenters. The van der Waals surface area contributed by atoms with Crippen molar-refractivity contribution >= 4 is 21.7 Å². The van der Waals surface area contributed by atoms with E-state index in [0.29, 0.717) is 5.56 Å². The van der Waals surface area contributed by atoms with Crippen LogP contribution in [0.25, 0.3) is 0 Å². The van der Waals surface area contributed by atoms with E-state index in [1.807, 2.05) is 19.1 Å². The molecular weight excluding hydrogens is 268 g/mol. The van der Waals surface area contributed by atoms with Crippen molar-refractivity contribution in [2.45, 2.75) is 31.5 Å². The van der Waals surface area contributed by atoms with Crippen molar-refractivity contribution < 1.29 is 9.53 Å². The fraction of sp³-hybridized carbons (Fsp3) is 0.462. The first-order valence-electron chi connectivity index (χ1n) is 5.56. The summed E-state index contributed by atoms with van der Waals surface area (Å²) in [6.45, 7) is 4.69. The fourth-order valence-corrected chi connectivity index (χ4v) is 1.54. The second kappa shape index (κ2) is 6.69. The minimum absolute atomic E-state index is 0.0973. The van der Waals surface area contributed by atoms with Gasteiger partial charge in [0.05, 0.1) is 11.4 Å². The number of alkyl halides is 1. The maximum Gasteiger partial charge on any atom is 0.176 e. The van der Waals surface area contributed by atoms with E-state index in [-0.39, 0.29) is 10.6 Å². The van der Waals surface area contributed by atoms with Crippen molar-refractivity contribution in [2.24, 2.45) is 0 Å². The van der Waals surface area contributed by atoms with E-state index in [1.54, 1.807) is 12.1 Å². The summed E-state index contributed by atoms with van der Waals surface area (Å²) < 4.78 is 5.52. The molecule has 0 aliphatic heterocycles. The number of carbonyl (C=O) groups excluding carboxylic acids is 1. The Labute approximate surface area is 105 Å². The third-order valence-corrected chi connectivity index (χ3v) is 2.68. The molecule has 0 aliphatic rings. The number of carbonyl (C=O) groups is 1. The lowest BCUT2D eigenvalue weighted by atomic mass is 10.1. The van der Waals surface area contributed by atoms with Crippen LogP contribution < -0.4 is 4.74 Å². The van der Waals surface area contributed by atoms with Gasteiger partial charge in [0.1, 0.15) is 5.75 Å². The predicted octanol–water partition coefficient (Wildman–Crippen LogP) is 3.83. The van der Waals surface area contributed by atoms with Gasteiger partial charge in [-0.05, 0) is 37.6 Å². The highest BCUT2D eigenvalue weighted by atomic mass is 79.9. The highest BCUT2D eigenvalue weighted by Crippen LogP contribution is 2.15. The third-order valence-electron chi connectivity index (χ3n) is 2.27. The molecule has 3 heteroatoms. The molecule has 0 heterocycles. The van der Waals surface area contributed by atoms with Crippen molar-refractivity contribution in [3.05, 3.63) is 29.8 Å². The van der Waals surface area contributed by atoms with Crippen molar-refractivity contribution in [3.63, 3.8) is 0 Å². The maximum atomic E-state index is 11.6. The Balaban J connectivity index is 2.57. The molecule has 0 saturated carbocycles. The molecule has 1 rings (SSSR count). The zero-order chi connectivity index (χ0) is 12.0.